The van der Waals surface area contributed by atoms with Gasteiger partial charge in [0.2, 0.25) is 0 Å². The largest absolute Gasteiger partial charge is 0.628 e. The van der Waals surface area contributed by atoms with Crippen LogP contribution in [0, 0.1) is 10.4 Å². The van der Waals surface area contributed by atoms with E-state index in [4.69, 9.17) is 0 Å². The topological polar surface area (TPSA) is 67.6 Å². The van der Waals surface area contributed by atoms with Gasteiger partial charge in [0.15, 0.2) is 6.29 Å². The van der Waals surface area contributed by atoms with Gasteiger partial charge < -0.3 is 15.6 Å². The van der Waals surface area contributed by atoms with Crippen molar-refractivity contribution in [2.24, 2.45) is 0 Å². The molecule has 0 saturated heterocycles. The van der Waals surface area contributed by atoms with Crippen molar-refractivity contribution < 1.29 is 10.0 Å². The Morgan fingerprint density at radius 1 is 1.42 bits per heavy atom. The molecule has 0 aliphatic heterocycles. The van der Waals surface area contributed by atoms with Gasteiger partial charge in [-0.05, 0) is 12.1 Å². The molecule has 0 radical (unpaired) electrons. The molecule has 0 bridgehead atoms. The summed E-state index contributed by atoms with van der Waals surface area (Å²) in [6, 6.07) is 4.29. The van der Waals surface area contributed by atoms with Crippen molar-refractivity contribution in [3.05, 3.63) is 38.6 Å². The molecule has 0 spiro atoms. The van der Waals surface area contributed by atoms with Gasteiger partial charge in [0.05, 0.1) is 5.56 Å². The van der Waals surface area contributed by atoms with Crippen molar-refractivity contribution in [1.29, 1.82) is 0 Å². The predicted octanol–water partition coefficient (Wildman–Crippen LogP) is 0.774. The number of quaternary nitrogens is 1. The third-order valence-electron chi connectivity index (χ3n) is 1.36. The Bertz CT molecular complexity index is 301. The second kappa shape index (κ2) is 3.77. The lowest BCUT2D eigenvalue weighted by Crippen LogP contribution is -2.96. The number of halogens is 1. The van der Waals surface area contributed by atoms with Gasteiger partial charge in [-0.1, -0.05) is 15.9 Å². The molecule has 0 aliphatic rings. The van der Waals surface area contributed by atoms with Gasteiger partial charge in [-0.2, -0.15) is 0 Å². The molecule has 64 valence electrons. The first kappa shape index (κ1) is 9.34. The molecule has 0 heterocycles. The Hall–Kier alpha value is -0.750. The fourth-order valence-corrected chi connectivity index (χ4v) is 1.20. The summed E-state index contributed by atoms with van der Waals surface area (Å²) in [5, 5.41) is 19.5. The van der Waals surface area contributed by atoms with E-state index in [9.17, 15) is 15.2 Å². The quantitative estimate of drug-likeness (QED) is 0.603. The van der Waals surface area contributed by atoms with Crippen LogP contribution in [0.3, 0.4) is 0 Å². The zero-order valence-electron chi connectivity index (χ0n) is 5.91. The second-order valence-electron chi connectivity index (χ2n) is 2.14. The molecule has 0 unspecified atom stereocenters. The summed E-state index contributed by atoms with van der Waals surface area (Å²) in [5.74, 6) is 0. The van der Waals surface area contributed by atoms with Crippen molar-refractivity contribution in [1.82, 2.24) is 0 Å². The van der Waals surface area contributed by atoms with Crippen LogP contribution < -0.4 is 5.23 Å². The van der Waals surface area contributed by atoms with E-state index >= 15 is 0 Å². The van der Waals surface area contributed by atoms with E-state index in [2.05, 4.69) is 15.9 Å². The zero-order chi connectivity index (χ0) is 9.14. The number of hydrogen-bond donors (Lipinski definition) is 1. The first-order valence-corrected chi connectivity index (χ1v) is 3.90. The van der Waals surface area contributed by atoms with E-state index < -0.39 is 5.23 Å². The van der Waals surface area contributed by atoms with Crippen LogP contribution in [-0.4, -0.2) is 6.29 Å². The Morgan fingerprint density at radius 3 is 2.58 bits per heavy atom. The molecular formula is C7H5BrNO3-. The summed E-state index contributed by atoms with van der Waals surface area (Å²) in [7, 11) is 0. The maximum Gasteiger partial charge on any atom is 0.156 e. The van der Waals surface area contributed by atoms with Crippen LogP contribution in [0.1, 0.15) is 10.4 Å². The minimum atomic E-state index is -1.34. The molecule has 0 fully saturated rings. The lowest BCUT2D eigenvalue weighted by atomic mass is 10.2. The van der Waals surface area contributed by atoms with Gasteiger partial charge in [-0.3, -0.25) is 4.79 Å². The fourth-order valence-electron chi connectivity index (χ4n) is 0.817. The number of aldehydes is 1. The zero-order valence-corrected chi connectivity index (χ0v) is 7.50. The van der Waals surface area contributed by atoms with Crippen molar-refractivity contribution in [2.45, 2.75) is 0 Å². The number of nitrogens with one attached hydrogen (secondary N) is 1. The minimum absolute atomic E-state index is 0.0896. The second-order valence-corrected chi connectivity index (χ2v) is 3.05. The van der Waals surface area contributed by atoms with Crippen molar-refractivity contribution >= 4 is 27.9 Å². The smallest absolute Gasteiger partial charge is 0.156 e. The highest BCUT2D eigenvalue weighted by Gasteiger charge is 2.03. The molecule has 0 amide bonds. The number of benzene rings is 1. The third-order valence-corrected chi connectivity index (χ3v) is 1.85. The van der Waals surface area contributed by atoms with Gasteiger partial charge in [-0.25, -0.2) is 0 Å². The molecule has 0 atom stereocenters. The Labute approximate surface area is 77.1 Å². The molecule has 12 heavy (non-hydrogen) atoms. The Balaban J connectivity index is 3.20. The van der Waals surface area contributed by atoms with Crippen molar-refractivity contribution in [2.75, 3.05) is 0 Å². The number of carbonyl (C=O) groups excluding carboxylic acids is 1. The van der Waals surface area contributed by atoms with E-state index in [0.29, 0.717) is 10.8 Å². The van der Waals surface area contributed by atoms with Crippen LogP contribution in [-0.2, 0) is 0 Å². The van der Waals surface area contributed by atoms with E-state index in [-0.39, 0.29) is 11.3 Å². The molecule has 1 N–H and O–H groups in total. The van der Waals surface area contributed by atoms with E-state index in [0.717, 1.165) is 0 Å². The van der Waals surface area contributed by atoms with Gasteiger partial charge in [0.25, 0.3) is 0 Å². The first-order chi connectivity index (χ1) is 5.65. The molecule has 0 saturated carbocycles. The molecule has 4 nitrogen and oxygen atoms in total. The van der Waals surface area contributed by atoms with Crippen molar-refractivity contribution in [3.8, 4) is 0 Å². The lowest BCUT2D eigenvalue weighted by Gasteiger charge is -2.25. The highest BCUT2D eigenvalue weighted by molar-refractivity contribution is 9.10. The third kappa shape index (κ3) is 1.89. The van der Waals surface area contributed by atoms with Gasteiger partial charge >= 0.3 is 0 Å². The maximum atomic E-state index is 10.4. The van der Waals surface area contributed by atoms with Crippen molar-refractivity contribution in [3.63, 3.8) is 0 Å². The molecule has 0 aliphatic carbocycles. The van der Waals surface area contributed by atoms with E-state index in [1.54, 1.807) is 0 Å². The molecule has 1 aromatic rings. The van der Waals surface area contributed by atoms with Crippen LogP contribution in [0.2, 0.25) is 0 Å². The first-order valence-electron chi connectivity index (χ1n) is 3.11. The number of carbonyl (C=O) groups is 1. The molecule has 1 aromatic carbocycles. The summed E-state index contributed by atoms with van der Waals surface area (Å²) < 4.78 is 0.662. The lowest BCUT2D eigenvalue weighted by molar-refractivity contribution is -0.715. The standard InChI is InChI=1S/C7H5BrNO3/c8-6-1-2-7(9(11)12)5(3-6)4-10/h1-4,9H/q-1. The summed E-state index contributed by atoms with van der Waals surface area (Å²) in [5.41, 5.74) is 0.0255. The van der Waals surface area contributed by atoms with Crippen LogP contribution in [0.4, 0.5) is 5.69 Å². The normalized spacial score (nSPS) is 10.3. The average molecular weight is 231 g/mol. The molecule has 5 heteroatoms. The van der Waals surface area contributed by atoms with Gasteiger partial charge in [0, 0.05) is 10.5 Å². The van der Waals surface area contributed by atoms with E-state index in [1.165, 1.54) is 18.2 Å². The monoisotopic (exact) mass is 230 g/mol. The Morgan fingerprint density at radius 2 is 2.08 bits per heavy atom. The molecular weight excluding hydrogens is 226 g/mol. The highest BCUT2D eigenvalue weighted by atomic mass is 79.9. The number of hydrogen-bond acceptors (Lipinski definition) is 3. The fraction of sp³-hybridized carbons (Fsp3) is 0. The minimum Gasteiger partial charge on any atom is -0.628 e. The van der Waals surface area contributed by atoms with Crippen LogP contribution >= 0.6 is 15.9 Å². The number of rotatable bonds is 2. The van der Waals surface area contributed by atoms with Gasteiger partial charge in [0.1, 0.15) is 5.69 Å². The van der Waals surface area contributed by atoms with Crippen LogP contribution in [0.5, 0.6) is 0 Å². The summed E-state index contributed by atoms with van der Waals surface area (Å²) in [6.07, 6.45) is 0.482. The Kier molecular flexibility index (Phi) is 2.93. The SMILES string of the molecule is O=Cc1cc(Br)ccc1[NH+]([O-])[O-]. The van der Waals surface area contributed by atoms with E-state index in [1.807, 2.05) is 0 Å². The van der Waals surface area contributed by atoms with Gasteiger partial charge in [-0.15, -0.1) is 0 Å². The summed E-state index contributed by atoms with van der Waals surface area (Å²) in [4.78, 5) is 10.4. The average Bonchev–Trinajstić information content (AvgIpc) is 2.03. The molecule has 0 aromatic heterocycles. The summed E-state index contributed by atoms with van der Waals surface area (Å²) >= 11 is 3.11. The highest BCUT2D eigenvalue weighted by Crippen LogP contribution is 2.16. The summed E-state index contributed by atoms with van der Waals surface area (Å²) in [6.45, 7) is 0. The molecule has 1 rings (SSSR count). The van der Waals surface area contributed by atoms with Crippen LogP contribution in [0.25, 0.3) is 0 Å². The van der Waals surface area contributed by atoms with Crippen LogP contribution in [0.15, 0.2) is 22.7 Å². The maximum absolute atomic E-state index is 10.4. The predicted molar refractivity (Wildman–Crippen MR) is 46.9 cm³/mol.